The molecular formula is C23H29N3O7S. The number of nitrogens with one attached hydrogen (secondary N) is 2. The molecule has 10 nitrogen and oxygen atoms in total. The minimum Gasteiger partial charge on any atom is -0.495 e. The predicted molar refractivity (Wildman–Crippen MR) is 127 cm³/mol. The molecule has 0 unspecified atom stereocenters. The Labute approximate surface area is 199 Å². The second kappa shape index (κ2) is 10.4. The standard InChI is InChI=1S/C23H29N3O7S/c1-23(2,3)33-22(28)25-19-15-17(7-10-20(19)31-4)24-21(27)16-5-8-18(9-6-16)34(29,30)26-11-13-32-14-12-26/h5-10,15H,11-14H2,1-4H3,(H,24,27)(H,25,28). The number of benzene rings is 2. The fourth-order valence-corrected chi connectivity index (χ4v) is 4.62. The summed E-state index contributed by atoms with van der Waals surface area (Å²) >= 11 is 0. The molecule has 2 aromatic carbocycles. The van der Waals surface area contributed by atoms with Crippen molar-refractivity contribution in [3.05, 3.63) is 48.0 Å². The smallest absolute Gasteiger partial charge is 0.412 e. The van der Waals surface area contributed by atoms with E-state index in [1.165, 1.54) is 41.7 Å². The van der Waals surface area contributed by atoms with Gasteiger partial charge in [-0.2, -0.15) is 4.31 Å². The number of ether oxygens (including phenoxy) is 3. The van der Waals surface area contributed by atoms with E-state index in [4.69, 9.17) is 14.2 Å². The van der Waals surface area contributed by atoms with Gasteiger partial charge in [-0.25, -0.2) is 13.2 Å². The highest BCUT2D eigenvalue weighted by Gasteiger charge is 2.26. The van der Waals surface area contributed by atoms with Crippen LogP contribution >= 0.6 is 0 Å². The van der Waals surface area contributed by atoms with Crippen LogP contribution in [-0.4, -0.2) is 63.7 Å². The highest BCUT2D eigenvalue weighted by molar-refractivity contribution is 7.89. The lowest BCUT2D eigenvalue weighted by Gasteiger charge is -2.26. The van der Waals surface area contributed by atoms with Crippen molar-refractivity contribution in [3.63, 3.8) is 0 Å². The van der Waals surface area contributed by atoms with E-state index in [0.29, 0.717) is 43.4 Å². The van der Waals surface area contributed by atoms with Crippen LogP contribution in [0, 0.1) is 0 Å². The maximum absolute atomic E-state index is 12.7. The molecule has 184 valence electrons. The van der Waals surface area contributed by atoms with Crippen LogP contribution in [0.25, 0.3) is 0 Å². The minimum absolute atomic E-state index is 0.110. The number of morpholine rings is 1. The average molecular weight is 492 g/mol. The van der Waals surface area contributed by atoms with Crippen LogP contribution in [-0.2, 0) is 19.5 Å². The highest BCUT2D eigenvalue weighted by atomic mass is 32.2. The maximum atomic E-state index is 12.7. The van der Waals surface area contributed by atoms with Crippen LogP contribution in [0.15, 0.2) is 47.4 Å². The topological polar surface area (TPSA) is 123 Å². The molecule has 0 radical (unpaired) electrons. The van der Waals surface area contributed by atoms with Crippen molar-refractivity contribution in [2.45, 2.75) is 31.3 Å². The van der Waals surface area contributed by atoms with Gasteiger partial charge in [-0.05, 0) is 63.2 Å². The summed E-state index contributed by atoms with van der Waals surface area (Å²) in [7, 11) is -2.19. The average Bonchev–Trinajstić information content (AvgIpc) is 2.78. The zero-order chi connectivity index (χ0) is 24.9. The van der Waals surface area contributed by atoms with Crippen molar-refractivity contribution < 1.29 is 32.2 Å². The Balaban J connectivity index is 1.72. The minimum atomic E-state index is -3.65. The number of rotatable bonds is 6. The van der Waals surface area contributed by atoms with Gasteiger partial charge in [0.25, 0.3) is 5.91 Å². The molecular weight excluding hydrogens is 462 g/mol. The first kappa shape index (κ1) is 25.5. The van der Waals surface area contributed by atoms with Crippen molar-refractivity contribution in [1.29, 1.82) is 0 Å². The fraction of sp³-hybridized carbons (Fsp3) is 0.391. The molecule has 11 heteroatoms. The molecule has 0 aromatic heterocycles. The van der Waals surface area contributed by atoms with Gasteiger partial charge in [0, 0.05) is 24.3 Å². The molecule has 1 saturated heterocycles. The van der Waals surface area contributed by atoms with Crippen LogP contribution < -0.4 is 15.4 Å². The number of carbonyl (C=O) groups is 2. The normalized spacial score (nSPS) is 14.8. The molecule has 2 aromatic rings. The monoisotopic (exact) mass is 491 g/mol. The number of anilines is 2. The predicted octanol–water partition coefficient (Wildman–Crippen LogP) is 3.32. The molecule has 0 aliphatic carbocycles. The van der Waals surface area contributed by atoms with Crippen LogP contribution in [0.3, 0.4) is 0 Å². The third-order valence-electron chi connectivity index (χ3n) is 4.82. The van der Waals surface area contributed by atoms with Crippen molar-refractivity contribution in [2.24, 2.45) is 0 Å². The van der Waals surface area contributed by atoms with Gasteiger partial charge in [0.15, 0.2) is 0 Å². The Hall–Kier alpha value is -3.15. The highest BCUT2D eigenvalue weighted by Crippen LogP contribution is 2.29. The van der Waals surface area contributed by atoms with Gasteiger partial charge in [-0.15, -0.1) is 0 Å². The van der Waals surface area contributed by atoms with E-state index in [2.05, 4.69) is 10.6 Å². The van der Waals surface area contributed by atoms with E-state index >= 15 is 0 Å². The van der Waals surface area contributed by atoms with Crippen LogP contribution in [0.2, 0.25) is 0 Å². The molecule has 1 aliphatic rings. The molecule has 0 bridgehead atoms. The lowest BCUT2D eigenvalue weighted by Crippen LogP contribution is -2.40. The van der Waals surface area contributed by atoms with Crippen molar-refractivity contribution in [2.75, 3.05) is 44.0 Å². The molecule has 3 rings (SSSR count). The first-order valence-electron chi connectivity index (χ1n) is 10.7. The van der Waals surface area contributed by atoms with E-state index in [0.717, 1.165) is 0 Å². The van der Waals surface area contributed by atoms with Gasteiger partial charge in [0.1, 0.15) is 11.4 Å². The number of hydrogen-bond acceptors (Lipinski definition) is 7. The number of hydrogen-bond donors (Lipinski definition) is 2. The third-order valence-corrected chi connectivity index (χ3v) is 6.73. The number of sulfonamides is 1. The van der Waals surface area contributed by atoms with E-state index in [-0.39, 0.29) is 10.5 Å². The first-order chi connectivity index (χ1) is 16.0. The number of carbonyl (C=O) groups excluding carboxylic acids is 2. The first-order valence-corrected chi connectivity index (χ1v) is 12.1. The zero-order valence-corrected chi connectivity index (χ0v) is 20.4. The lowest BCUT2D eigenvalue weighted by atomic mass is 10.2. The van der Waals surface area contributed by atoms with Gasteiger partial charge in [-0.1, -0.05) is 0 Å². The Morgan fingerprint density at radius 1 is 1.00 bits per heavy atom. The molecule has 2 N–H and O–H groups in total. The SMILES string of the molecule is COc1ccc(NC(=O)c2ccc(S(=O)(=O)N3CCOCC3)cc2)cc1NC(=O)OC(C)(C)C. The Bertz CT molecular complexity index is 1140. The van der Waals surface area contributed by atoms with Crippen LogP contribution in [0.1, 0.15) is 31.1 Å². The lowest BCUT2D eigenvalue weighted by molar-refractivity contribution is 0.0635. The zero-order valence-electron chi connectivity index (χ0n) is 19.6. The van der Waals surface area contributed by atoms with E-state index < -0.39 is 27.6 Å². The second-order valence-electron chi connectivity index (χ2n) is 8.54. The molecule has 0 spiro atoms. The van der Waals surface area contributed by atoms with Gasteiger partial charge in [0.2, 0.25) is 10.0 Å². The molecule has 34 heavy (non-hydrogen) atoms. The van der Waals surface area contributed by atoms with Gasteiger partial charge < -0.3 is 19.5 Å². The number of amides is 2. The summed E-state index contributed by atoms with van der Waals surface area (Å²) < 4.78 is 42.6. The van der Waals surface area contributed by atoms with Gasteiger partial charge >= 0.3 is 6.09 Å². The summed E-state index contributed by atoms with van der Waals surface area (Å²) in [5.41, 5.74) is 0.326. The Kier molecular flexibility index (Phi) is 7.80. The number of nitrogens with zero attached hydrogens (tertiary/aromatic N) is 1. The van der Waals surface area contributed by atoms with Crippen molar-refractivity contribution in [1.82, 2.24) is 4.31 Å². The van der Waals surface area contributed by atoms with E-state index in [1.807, 2.05) is 0 Å². The molecule has 2 amide bonds. The summed E-state index contributed by atoms with van der Waals surface area (Å²) in [6, 6.07) is 10.5. The Morgan fingerprint density at radius 2 is 1.65 bits per heavy atom. The second-order valence-corrected chi connectivity index (χ2v) is 10.5. The molecule has 1 fully saturated rings. The molecule has 1 aliphatic heterocycles. The number of methoxy groups -OCH3 is 1. The summed E-state index contributed by atoms with van der Waals surface area (Å²) in [4.78, 5) is 25.0. The van der Waals surface area contributed by atoms with Crippen LogP contribution in [0.5, 0.6) is 5.75 Å². The van der Waals surface area contributed by atoms with Crippen molar-refractivity contribution >= 4 is 33.4 Å². The third kappa shape index (κ3) is 6.46. The summed E-state index contributed by atoms with van der Waals surface area (Å²) in [6.07, 6.45) is -0.661. The largest absolute Gasteiger partial charge is 0.495 e. The van der Waals surface area contributed by atoms with E-state index in [9.17, 15) is 18.0 Å². The summed E-state index contributed by atoms with van der Waals surface area (Å²) in [5.74, 6) is -0.0507. The van der Waals surface area contributed by atoms with Gasteiger partial charge in [0.05, 0.1) is 30.9 Å². The quantitative estimate of drug-likeness (QED) is 0.635. The van der Waals surface area contributed by atoms with Crippen LogP contribution in [0.4, 0.5) is 16.2 Å². The molecule has 0 atom stereocenters. The summed E-state index contributed by atoms with van der Waals surface area (Å²) in [5, 5.41) is 5.34. The van der Waals surface area contributed by atoms with Gasteiger partial charge in [-0.3, -0.25) is 10.1 Å². The van der Waals surface area contributed by atoms with E-state index in [1.54, 1.807) is 32.9 Å². The maximum Gasteiger partial charge on any atom is 0.412 e. The molecule has 1 heterocycles. The fourth-order valence-electron chi connectivity index (χ4n) is 3.21. The van der Waals surface area contributed by atoms with Crippen molar-refractivity contribution in [3.8, 4) is 5.75 Å². The summed E-state index contributed by atoms with van der Waals surface area (Å²) in [6.45, 7) is 6.54. The molecule has 0 saturated carbocycles. The Morgan fingerprint density at radius 3 is 2.24 bits per heavy atom.